The Bertz CT molecular complexity index is 332. The second kappa shape index (κ2) is 7.13. The van der Waals surface area contributed by atoms with E-state index in [1.165, 1.54) is 44.9 Å². The van der Waals surface area contributed by atoms with Crippen LogP contribution in [0.25, 0.3) is 0 Å². The van der Waals surface area contributed by atoms with Gasteiger partial charge in [-0.05, 0) is 50.1 Å². The summed E-state index contributed by atoms with van der Waals surface area (Å²) in [6.07, 6.45) is 9.48. The van der Waals surface area contributed by atoms with Crippen molar-refractivity contribution in [2.75, 3.05) is 13.1 Å². The van der Waals surface area contributed by atoms with Gasteiger partial charge in [-0.15, -0.1) is 12.4 Å². The van der Waals surface area contributed by atoms with Crippen molar-refractivity contribution >= 4 is 18.3 Å². The van der Waals surface area contributed by atoms with E-state index >= 15 is 0 Å². The molecule has 3 aliphatic rings. The van der Waals surface area contributed by atoms with E-state index in [1.54, 1.807) is 0 Å². The first-order valence-corrected chi connectivity index (χ1v) is 8.25. The van der Waals surface area contributed by atoms with Gasteiger partial charge in [0.1, 0.15) is 0 Å². The number of fused-ring (bicyclic) bond motifs is 1. The standard InChI is InChI=1S/C16H28N2O.ClH/c1-11(14-9-17-10-14)16(19)18-15-7-6-12-4-2-3-5-13(12)8-15;/h11-15,17H,2-10H2,1H3,(H,18,19);1H. The Morgan fingerprint density at radius 3 is 2.45 bits per heavy atom. The van der Waals surface area contributed by atoms with Crippen molar-refractivity contribution < 1.29 is 4.79 Å². The van der Waals surface area contributed by atoms with Crippen LogP contribution in [0, 0.1) is 23.7 Å². The zero-order valence-corrected chi connectivity index (χ0v) is 13.4. The van der Waals surface area contributed by atoms with Crippen molar-refractivity contribution in [3.05, 3.63) is 0 Å². The second-order valence-corrected chi connectivity index (χ2v) is 7.03. The number of hydrogen-bond acceptors (Lipinski definition) is 2. The Labute approximate surface area is 129 Å². The minimum absolute atomic E-state index is 0. The summed E-state index contributed by atoms with van der Waals surface area (Å²) < 4.78 is 0. The van der Waals surface area contributed by atoms with Crippen molar-refractivity contribution in [1.82, 2.24) is 10.6 Å². The molecule has 3 fully saturated rings. The average molecular weight is 301 g/mol. The number of rotatable bonds is 3. The number of carbonyl (C=O) groups is 1. The largest absolute Gasteiger partial charge is 0.353 e. The molecule has 0 aromatic heterocycles. The highest BCUT2D eigenvalue weighted by atomic mass is 35.5. The van der Waals surface area contributed by atoms with Crippen molar-refractivity contribution in [2.24, 2.45) is 23.7 Å². The molecule has 0 aromatic carbocycles. The minimum atomic E-state index is 0. The summed E-state index contributed by atoms with van der Waals surface area (Å²) in [5.41, 5.74) is 0. The lowest BCUT2D eigenvalue weighted by Crippen LogP contribution is -2.51. The summed E-state index contributed by atoms with van der Waals surface area (Å²) >= 11 is 0. The van der Waals surface area contributed by atoms with E-state index in [-0.39, 0.29) is 18.3 Å². The molecular formula is C16H29ClN2O. The topological polar surface area (TPSA) is 41.1 Å². The second-order valence-electron chi connectivity index (χ2n) is 7.03. The van der Waals surface area contributed by atoms with Crippen LogP contribution in [0.2, 0.25) is 0 Å². The first kappa shape index (κ1) is 16.1. The molecule has 4 unspecified atom stereocenters. The van der Waals surface area contributed by atoms with Crippen LogP contribution >= 0.6 is 12.4 Å². The third-order valence-corrected chi connectivity index (χ3v) is 5.82. The third-order valence-electron chi connectivity index (χ3n) is 5.82. The van der Waals surface area contributed by atoms with Gasteiger partial charge in [0.2, 0.25) is 5.91 Å². The van der Waals surface area contributed by atoms with Gasteiger partial charge in [0.15, 0.2) is 0 Å². The molecule has 2 aliphatic carbocycles. The number of halogens is 1. The SMILES string of the molecule is CC(C(=O)NC1CCC2CCCCC2C1)C1CNC1.Cl. The molecule has 3 nitrogen and oxygen atoms in total. The van der Waals surface area contributed by atoms with Gasteiger partial charge in [0.25, 0.3) is 0 Å². The molecule has 1 amide bonds. The number of carbonyl (C=O) groups excluding carboxylic acids is 1. The summed E-state index contributed by atoms with van der Waals surface area (Å²) in [5.74, 6) is 2.91. The highest BCUT2D eigenvalue weighted by Gasteiger charge is 2.34. The first-order chi connectivity index (χ1) is 9.24. The third kappa shape index (κ3) is 3.48. The first-order valence-electron chi connectivity index (χ1n) is 8.25. The fourth-order valence-electron chi connectivity index (χ4n) is 4.22. The summed E-state index contributed by atoms with van der Waals surface area (Å²) in [7, 11) is 0. The lowest BCUT2D eigenvalue weighted by atomic mass is 9.69. The van der Waals surface area contributed by atoms with E-state index in [0.717, 1.165) is 24.9 Å². The maximum absolute atomic E-state index is 12.3. The average Bonchev–Trinajstić information content (AvgIpc) is 2.36. The Hall–Kier alpha value is -0.280. The van der Waals surface area contributed by atoms with Crippen LogP contribution in [0.15, 0.2) is 0 Å². The lowest BCUT2D eigenvalue weighted by molar-refractivity contribution is -0.127. The maximum atomic E-state index is 12.3. The van der Waals surface area contributed by atoms with Gasteiger partial charge < -0.3 is 10.6 Å². The van der Waals surface area contributed by atoms with Gasteiger partial charge in [-0.1, -0.05) is 32.6 Å². The van der Waals surface area contributed by atoms with Crippen molar-refractivity contribution in [1.29, 1.82) is 0 Å². The molecule has 4 heteroatoms. The fourth-order valence-corrected chi connectivity index (χ4v) is 4.22. The summed E-state index contributed by atoms with van der Waals surface area (Å²) in [5, 5.41) is 6.59. The zero-order valence-electron chi connectivity index (χ0n) is 12.6. The predicted octanol–water partition coefficient (Wildman–Crippen LogP) is 2.74. The van der Waals surface area contributed by atoms with Crippen LogP contribution in [0.1, 0.15) is 51.9 Å². The van der Waals surface area contributed by atoms with Crippen LogP contribution in [-0.2, 0) is 4.79 Å². The molecule has 116 valence electrons. The molecule has 2 saturated carbocycles. The molecule has 0 aromatic rings. The molecule has 4 atom stereocenters. The molecule has 0 spiro atoms. The number of amides is 1. The Kier molecular flexibility index (Phi) is 5.74. The van der Waals surface area contributed by atoms with Crippen molar-refractivity contribution in [2.45, 2.75) is 57.9 Å². The number of nitrogens with one attached hydrogen (secondary N) is 2. The molecule has 0 radical (unpaired) electrons. The molecular weight excluding hydrogens is 272 g/mol. The quantitative estimate of drug-likeness (QED) is 0.841. The molecule has 1 heterocycles. The smallest absolute Gasteiger partial charge is 0.223 e. The van der Waals surface area contributed by atoms with E-state index in [2.05, 4.69) is 17.6 Å². The lowest BCUT2D eigenvalue weighted by Gasteiger charge is -2.40. The van der Waals surface area contributed by atoms with E-state index < -0.39 is 0 Å². The van der Waals surface area contributed by atoms with E-state index in [9.17, 15) is 4.79 Å². The molecule has 0 bridgehead atoms. The Morgan fingerprint density at radius 2 is 1.80 bits per heavy atom. The fraction of sp³-hybridized carbons (Fsp3) is 0.938. The van der Waals surface area contributed by atoms with Crippen LogP contribution in [0.3, 0.4) is 0 Å². The minimum Gasteiger partial charge on any atom is -0.353 e. The van der Waals surface area contributed by atoms with Crippen LogP contribution in [0.4, 0.5) is 0 Å². The monoisotopic (exact) mass is 300 g/mol. The van der Waals surface area contributed by atoms with Crippen LogP contribution in [0.5, 0.6) is 0 Å². The molecule has 1 aliphatic heterocycles. The van der Waals surface area contributed by atoms with Crippen LogP contribution < -0.4 is 10.6 Å². The Morgan fingerprint density at radius 1 is 1.10 bits per heavy atom. The summed E-state index contributed by atoms with van der Waals surface area (Å²) in [6, 6.07) is 0.460. The van der Waals surface area contributed by atoms with E-state index in [1.807, 2.05) is 0 Å². The molecule has 20 heavy (non-hydrogen) atoms. The van der Waals surface area contributed by atoms with E-state index in [0.29, 0.717) is 17.9 Å². The number of hydrogen-bond donors (Lipinski definition) is 2. The van der Waals surface area contributed by atoms with Gasteiger partial charge in [0, 0.05) is 12.0 Å². The van der Waals surface area contributed by atoms with Gasteiger partial charge >= 0.3 is 0 Å². The maximum Gasteiger partial charge on any atom is 0.223 e. The Balaban J connectivity index is 0.00000147. The zero-order chi connectivity index (χ0) is 13.2. The molecule has 3 rings (SSSR count). The van der Waals surface area contributed by atoms with Crippen LogP contribution in [-0.4, -0.2) is 25.0 Å². The normalized spacial score (nSPS) is 35.1. The van der Waals surface area contributed by atoms with Gasteiger partial charge in [-0.2, -0.15) is 0 Å². The van der Waals surface area contributed by atoms with Crippen molar-refractivity contribution in [3.8, 4) is 0 Å². The predicted molar refractivity (Wildman–Crippen MR) is 84.0 cm³/mol. The van der Waals surface area contributed by atoms with Gasteiger partial charge in [-0.3, -0.25) is 4.79 Å². The molecule has 2 N–H and O–H groups in total. The van der Waals surface area contributed by atoms with Gasteiger partial charge in [-0.25, -0.2) is 0 Å². The van der Waals surface area contributed by atoms with Crippen molar-refractivity contribution in [3.63, 3.8) is 0 Å². The summed E-state index contributed by atoms with van der Waals surface area (Å²) in [6.45, 7) is 4.13. The highest BCUT2D eigenvalue weighted by molar-refractivity contribution is 5.85. The van der Waals surface area contributed by atoms with Gasteiger partial charge in [0.05, 0.1) is 0 Å². The molecule has 1 saturated heterocycles. The van der Waals surface area contributed by atoms with E-state index in [4.69, 9.17) is 0 Å². The highest BCUT2D eigenvalue weighted by Crippen LogP contribution is 2.40. The summed E-state index contributed by atoms with van der Waals surface area (Å²) in [4.78, 5) is 12.3.